The van der Waals surface area contributed by atoms with Gasteiger partial charge in [0.1, 0.15) is 0 Å². The molecule has 3 saturated carbocycles. The molecule has 2 heteroatoms. The lowest BCUT2D eigenvalue weighted by atomic mass is 9.44. The van der Waals surface area contributed by atoms with Gasteiger partial charge in [-0.3, -0.25) is 0 Å². The average molecular weight is 431 g/mol. The summed E-state index contributed by atoms with van der Waals surface area (Å²) in [6.07, 6.45) is 12.9. The van der Waals surface area contributed by atoms with E-state index in [1.165, 1.54) is 32.1 Å². The number of aliphatic hydroxyl groups excluding tert-OH is 2. The van der Waals surface area contributed by atoms with Gasteiger partial charge in [0.25, 0.3) is 0 Å². The van der Waals surface area contributed by atoms with Crippen molar-refractivity contribution in [2.24, 2.45) is 51.8 Å². The maximum absolute atomic E-state index is 11.3. The minimum atomic E-state index is -0.207. The van der Waals surface area contributed by atoms with E-state index in [1.54, 1.807) is 5.57 Å². The molecule has 2 N–H and O–H groups in total. The molecule has 4 rings (SSSR count). The molecule has 4 aliphatic carbocycles. The summed E-state index contributed by atoms with van der Waals surface area (Å²) in [6.45, 7) is 16.7. The van der Waals surface area contributed by atoms with Crippen molar-refractivity contribution in [3.05, 3.63) is 11.6 Å². The minimum Gasteiger partial charge on any atom is -0.393 e. The second-order valence-corrected chi connectivity index (χ2v) is 13.6. The molecule has 0 bridgehead atoms. The van der Waals surface area contributed by atoms with E-state index in [9.17, 15) is 10.2 Å². The molecule has 0 saturated heterocycles. The van der Waals surface area contributed by atoms with Crippen LogP contribution in [0, 0.1) is 51.8 Å². The third-order valence-corrected chi connectivity index (χ3v) is 11.1. The van der Waals surface area contributed by atoms with Gasteiger partial charge in [0.15, 0.2) is 0 Å². The Morgan fingerprint density at radius 1 is 0.968 bits per heavy atom. The van der Waals surface area contributed by atoms with Gasteiger partial charge in [0.05, 0.1) is 12.2 Å². The fourth-order valence-corrected chi connectivity index (χ4v) is 9.50. The Labute approximate surface area is 192 Å². The van der Waals surface area contributed by atoms with Gasteiger partial charge in [-0.2, -0.15) is 0 Å². The van der Waals surface area contributed by atoms with Gasteiger partial charge in [0, 0.05) is 5.41 Å². The second-order valence-electron chi connectivity index (χ2n) is 13.6. The molecular formula is C29H50O2. The second kappa shape index (κ2) is 8.15. The highest BCUT2D eigenvalue weighted by Crippen LogP contribution is 2.68. The van der Waals surface area contributed by atoms with Gasteiger partial charge in [-0.05, 0) is 84.9 Å². The molecule has 31 heavy (non-hydrogen) atoms. The summed E-state index contributed by atoms with van der Waals surface area (Å²) in [5.74, 6) is 3.95. The highest BCUT2D eigenvalue weighted by atomic mass is 16.3. The van der Waals surface area contributed by atoms with Crippen molar-refractivity contribution in [2.45, 2.75) is 118 Å². The van der Waals surface area contributed by atoms with Crippen LogP contribution in [-0.4, -0.2) is 22.4 Å². The van der Waals surface area contributed by atoms with E-state index >= 15 is 0 Å². The van der Waals surface area contributed by atoms with Crippen LogP contribution >= 0.6 is 0 Å². The Hall–Kier alpha value is -0.340. The Bertz CT molecular complexity index is 693. The first kappa shape index (κ1) is 23.8. The Balaban J connectivity index is 1.57. The van der Waals surface area contributed by atoms with Gasteiger partial charge in [-0.1, -0.05) is 79.4 Å². The molecule has 0 aromatic rings. The summed E-state index contributed by atoms with van der Waals surface area (Å²) in [6, 6.07) is 0. The smallest absolute Gasteiger partial charge is 0.0628 e. The minimum absolute atomic E-state index is 0.0959. The van der Waals surface area contributed by atoms with Crippen LogP contribution in [0.25, 0.3) is 0 Å². The SMILES string of the molecule is CC(C)CCC[C@@H](C)[C@H]1[C@H](O)C[C@H]2[C@@H]3CC=C4C(C)(C)[C@H](O)CC[C@]4(C)[C@H]3CC[C@]12C. The van der Waals surface area contributed by atoms with E-state index in [0.29, 0.717) is 29.1 Å². The molecule has 0 heterocycles. The Morgan fingerprint density at radius 2 is 1.68 bits per heavy atom. The predicted octanol–water partition coefficient (Wildman–Crippen LogP) is 7.00. The summed E-state index contributed by atoms with van der Waals surface area (Å²) in [5, 5.41) is 22.1. The third kappa shape index (κ3) is 3.67. The average Bonchev–Trinajstić information content (AvgIpc) is 2.95. The molecule has 0 spiro atoms. The zero-order valence-electron chi connectivity index (χ0n) is 21.5. The van der Waals surface area contributed by atoms with Crippen molar-refractivity contribution in [1.82, 2.24) is 0 Å². The highest BCUT2D eigenvalue weighted by Gasteiger charge is 2.63. The van der Waals surface area contributed by atoms with E-state index in [4.69, 9.17) is 0 Å². The molecule has 0 amide bonds. The van der Waals surface area contributed by atoms with Gasteiger partial charge in [-0.25, -0.2) is 0 Å². The number of hydrogen-bond acceptors (Lipinski definition) is 2. The van der Waals surface area contributed by atoms with Crippen LogP contribution in [0.2, 0.25) is 0 Å². The Morgan fingerprint density at radius 3 is 2.35 bits per heavy atom. The maximum atomic E-state index is 11.3. The number of rotatable bonds is 5. The summed E-state index contributed by atoms with van der Waals surface area (Å²) in [4.78, 5) is 0. The first-order chi connectivity index (χ1) is 14.4. The van der Waals surface area contributed by atoms with Crippen molar-refractivity contribution in [2.75, 3.05) is 0 Å². The van der Waals surface area contributed by atoms with Gasteiger partial charge in [0.2, 0.25) is 0 Å². The predicted molar refractivity (Wildman–Crippen MR) is 130 cm³/mol. The van der Waals surface area contributed by atoms with E-state index in [2.05, 4.69) is 54.5 Å². The van der Waals surface area contributed by atoms with Gasteiger partial charge >= 0.3 is 0 Å². The third-order valence-electron chi connectivity index (χ3n) is 11.1. The normalized spacial score (nSPS) is 47.4. The number of allylic oxidation sites excluding steroid dienone is 1. The lowest BCUT2D eigenvalue weighted by Gasteiger charge is -2.61. The van der Waals surface area contributed by atoms with Crippen molar-refractivity contribution in [3.8, 4) is 0 Å². The molecule has 2 nitrogen and oxygen atoms in total. The van der Waals surface area contributed by atoms with E-state index in [1.807, 2.05) is 0 Å². The molecule has 178 valence electrons. The fourth-order valence-electron chi connectivity index (χ4n) is 9.50. The quantitative estimate of drug-likeness (QED) is 0.461. The van der Waals surface area contributed by atoms with Crippen LogP contribution in [0.1, 0.15) is 106 Å². The molecule has 0 aromatic heterocycles. The van der Waals surface area contributed by atoms with E-state index in [0.717, 1.165) is 37.5 Å². The zero-order chi connectivity index (χ0) is 22.8. The molecule has 0 unspecified atom stereocenters. The zero-order valence-corrected chi connectivity index (χ0v) is 21.5. The summed E-state index contributed by atoms with van der Waals surface area (Å²) in [7, 11) is 0. The molecular weight excluding hydrogens is 380 g/mol. The molecule has 0 radical (unpaired) electrons. The van der Waals surface area contributed by atoms with Gasteiger partial charge < -0.3 is 10.2 Å². The maximum Gasteiger partial charge on any atom is 0.0628 e. The van der Waals surface area contributed by atoms with Crippen LogP contribution in [0.3, 0.4) is 0 Å². The van der Waals surface area contributed by atoms with E-state index in [-0.39, 0.29) is 23.0 Å². The lowest BCUT2D eigenvalue weighted by molar-refractivity contribution is -0.0806. The van der Waals surface area contributed by atoms with Crippen LogP contribution in [0.4, 0.5) is 0 Å². The molecule has 9 atom stereocenters. The van der Waals surface area contributed by atoms with Crippen molar-refractivity contribution in [1.29, 1.82) is 0 Å². The molecule has 0 aliphatic heterocycles. The van der Waals surface area contributed by atoms with Crippen LogP contribution in [-0.2, 0) is 0 Å². The largest absolute Gasteiger partial charge is 0.393 e. The standard InChI is InChI=1S/C29H50O2/c1-18(2)9-8-10-19(3)26-23(30)17-22-20-11-12-24-27(4,5)25(31)14-16-28(24,6)21(20)13-15-29(22,26)7/h12,18-23,25-26,30-31H,8-11,13-17H2,1-7H3/t19-,20-,21+,22+,23-,25-,26+,28-,29+/m1/s1. The van der Waals surface area contributed by atoms with Crippen LogP contribution < -0.4 is 0 Å². The molecule has 3 fully saturated rings. The lowest BCUT2D eigenvalue weighted by Crippen LogP contribution is -2.54. The van der Waals surface area contributed by atoms with Crippen LogP contribution in [0.15, 0.2) is 11.6 Å². The molecule has 0 aromatic carbocycles. The summed E-state index contributed by atoms with van der Waals surface area (Å²) < 4.78 is 0. The highest BCUT2D eigenvalue weighted by molar-refractivity contribution is 5.31. The molecule has 4 aliphatic rings. The van der Waals surface area contributed by atoms with E-state index < -0.39 is 0 Å². The first-order valence-electron chi connectivity index (χ1n) is 13.5. The van der Waals surface area contributed by atoms with Gasteiger partial charge in [-0.15, -0.1) is 0 Å². The number of hydrogen-bond donors (Lipinski definition) is 2. The number of fused-ring (bicyclic) bond motifs is 5. The van der Waals surface area contributed by atoms with Crippen molar-refractivity contribution >= 4 is 0 Å². The van der Waals surface area contributed by atoms with Crippen molar-refractivity contribution in [3.63, 3.8) is 0 Å². The summed E-state index contributed by atoms with van der Waals surface area (Å²) >= 11 is 0. The van der Waals surface area contributed by atoms with Crippen LogP contribution in [0.5, 0.6) is 0 Å². The topological polar surface area (TPSA) is 40.5 Å². The monoisotopic (exact) mass is 430 g/mol. The van der Waals surface area contributed by atoms with Crippen molar-refractivity contribution < 1.29 is 10.2 Å². The number of aliphatic hydroxyl groups is 2. The summed E-state index contributed by atoms with van der Waals surface area (Å²) in [5.41, 5.74) is 1.98. The fraction of sp³-hybridized carbons (Fsp3) is 0.931. The first-order valence-corrected chi connectivity index (χ1v) is 13.5. The Kier molecular flexibility index (Phi) is 6.26.